The van der Waals surface area contributed by atoms with E-state index in [0.29, 0.717) is 20.9 Å². The van der Waals surface area contributed by atoms with Crippen molar-refractivity contribution in [3.63, 3.8) is 0 Å². The van der Waals surface area contributed by atoms with Crippen LogP contribution in [0.15, 0.2) is 45.7 Å². The molecule has 6 nitrogen and oxygen atoms in total. The van der Waals surface area contributed by atoms with E-state index in [2.05, 4.69) is 20.9 Å². The van der Waals surface area contributed by atoms with E-state index in [9.17, 15) is 9.90 Å². The first-order chi connectivity index (χ1) is 12.5. The number of fused-ring (bicyclic) bond motifs is 1. The highest BCUT2D eigenvalue weighted by Gasteiger charge is 2.14. The lowest BCUT2D eigenvalue weighted by Gasteiger charge is -2.12. The van der Waals surface area contributed by atoms with E-state index < -0.39 is 0 Å². The van der Waals surface area contributed by atoms with Crippen LogP contribution in [-0.2, 0) is 6.54 Å². The van der Waals surface area contributed by atoms with Gasteiger partial charge in [-0.3, -0.25) is 9.36 Å². The highest BCUT2D eigenvalue weighted by atomic mass is 79.9. The molecule has 0 aliphatic heterocycles. The second-order valence-corrected chi connectivity index (χ2v) is 5.97. The van der Waals surface area contributed by atoms with E-state index in [4.69, 9.17) is 10.00 Å². The fourth-order valence-electron chi connectivity index (χ4n) is 2.37. The molecule has 134 valence electrons. The minimum Gasteiger partial charge on any atom is -0.507 e. The standard InChI is InChI=1S/C17H12BrN3O3.C2H6/c1-24-17-20-14-7-13(18)15(22)6-12(14)16(23)21(17)9-11-4-2-10(8-19)3-5-11;1-2/h2-7,22H,9H2,1H3;1-2H3. The molecule has 0 amide bonds. The molecule has 0 aliphatic rings. The molecule has 0 atom stereocenters. The first kappa shape index (κ1) is 19.5. The summed E-state index contributed by atoms with van der Waals surface area (Å²) in [6.45, 7) is 4.24. The molecular weight excluding hydrogens is 398 g/mol. The van der Waals surface area contributed by atoms with E-state index in [-0.39, 0.29) is 23.9 Å². The molecule has 3 aromatic rings. The fourth-order valence-corrected chi connectivity index (χ4v) is 2.70. The van der Waals surface area contributed by atoms with Gasteiger partial charge in [-0.15, -0.1) is 0 Å². The first-order valence-corrected chi connectivity index (χ1v) is 8.79. The molecule has 0 bridgehead atoms. The number of aromatic nitrogens is 2. The van der Waals surface area contributed by atoms with Crippen LogP contribution in [0.4, 0.5) is 0 Å². The van der Waals surface area contributed by atoms with Gasteiger partial charge in [-0.1, -0.05) is 26.0 Å². The van der Waals surface area contributed by atoms with Crippen molar-refractivity contribution in [1.29, 1.82) is 5.26 Å². The summed E-state index contributed by atoms with van der Waals surface area (Å²) >= 11 is 3.21. The third-order valence-corrected chi connectivity index (χ3v) is 4.23. The fraction of sp³-hybridized carbons (Fsp3) is 0.211. The van der Waals surface area contributed by atoms with Crippen molar-refractivity contribution in [2.75, 3.05) is 7.11 Å². The Morgan fingerprint density at radius 1 is 1.27 bits per heavy atom. The number of halogens is 1. The summed E-state index contributed by atoms with van der Waals surface area (Å²) in [5, 5.41) is 19.0. The van der Waals surface area contributed by atoms with Crippen molar-refractivity contribution in [3.05, 3.63) is 62.4 Å². The largest absolute Gasteiger partial charge is 0.507 e. The number of phenols is 1. The lowest BCUT2D eigenvalue weighted by atomic mass is 10.1. The Balaban J connectivity index is 0.00000117. The van der Waals surface area contributed by atoms with Crippen LogP contribution in [-0.4, -0.2) is 21.8 Å². The zero-order chi connectivity index (χ0) is 19.3. The molecule has 0 saturated heterocycles. The number of ether oxygens (including phenoxy) is 1. The van der Waals surface area contributed by atoms with Gasteiger partial charge in [0.2, 0.25) is 0 Å². The summed E-state index contributed by atoms with van der Waals surface area (Å²) in [5.74, 6) is -0.0310. The van der Waals surface area contributed by atoms with Gasteiger partial charge in [0.05, 0.1) is 40.7 Å². The van der Waals surface area contributed by atoms with Crippen LogP contribution in [0.2, 0.25) is 0 Å². The Morgan fingerprint density at radius 2 is 1.92 bits per heavy atom. The lowest BCUT2D eigenvalue weighted by molar-refractivity contribution is 0.353. The molecule has 3 rings (SSSR count). The minimum absolute atomic E-state index is 0.0310. The molecule has 1 heterocycles. The topological polar surface area (TPSA) is 88.1 Å². The van der Waals surface area contributed by atoms with Crippen LogP contribution in [0.3, 0.4) is 0 Å². The normalized spacial score (nSPS) is 9.96. The molecule has 2 aromatic carbocycles. The van der Waals surface area contributed by atoms with E-state index in [1.807, 2.05) is 19.9 Å². The summed E-state index contributed by atoms with van der Waals surface area (Å²) in [6, 6.07) is 12.1. The van der Waals surface area contributed by atoms with Gasteiger partial charge in [0.1, 0.15) is 5.75 Å². The van der Waals surface area contributed by atoms with Crippen molar-refractivity contribution in [1.82, 2.24) is 9.55 Å². The third kappa shape index (κ3) is 3.86. The van der Waals surface area contributed by atoms with Crippen LogP contribution in [0.5, 0.6) is 11.8 Å². The van der Waals surface area contributed by atoms with Crippen molar-refractivity contribution in [2.45, 2.75) is 20.4 Å². The van der Waals surface area contributed by atoms with Gasteiger partial charge in [0.15, 0.2) is 0 Å². The maximum absolute atomic E-state index is 12.8. The number of nitriles is 1. The average Bonchev–Trinajstić information content (AvgIpc) is 2.67. The number of hydrogen-bond donors (Lipinski definition) is 1. The molecule has 0 unspecified atom stereocenters. The minimum atomic E-state index is -0.316. The molecule has 0 fully saturated rings. The summed E-state index contributed by atoms with van der Waals surface area (Å²) in [6.07, 6.45) is 0. The first-order valence-electron chi connectivity index (χ1n) is 7.99. The number of hydrogen-bond acceptors (Lipinski definition) is 5. The van der Waals surface area contributed by atoms with Crippen LogP contribution >= 0.6 is 15.9 Å². The lowest BCUT2D eigenvalue weighted by Crippen LogP contribution is -2.23. The molecule has 0 aliphatic carbocycles. The molecule has 0 spiro atoms. The van der Waals surface area contributed by atoms with E-state index >= 15 is 0 Å². The molecule has 26 heavy (non-hydrogen) atoms. The predicted octanol–water partition coefficient (Wildman–Crippen LogP) is 3.82. The van der Waals surface area contributed by atoms with Gasteiger partial charge >= 0.3 is 0 Å². The monoisotopic (exact) mass is 415 g/mol. The average molecular weight is 416 g/mol. The Kier molecular flexibility index (Phi) is 6.36. The second-order valence-electron chi connectivity index (χ2n) is 5.12. The van der Waals surface area contributed by atoms with E-state index in [1.165, 1.54) is 17.7 Å². The second kappa shape index (κ2) is 8.50. The Morgan fingerprint density at radius 3 is 2.50 bits per heavy atom. The summed E-state index contributed by atoms with van der Waals surface area (Å²) < 4.78 is 7.08. The smallest absolute Gasteiger partial charge is 0.299 e. The maximum atomic E-state index is 12.8. The Bertz CT molecular complexity index is 1020. The predicted molar refractivity (Wildman–Crippen MR) is 104 cm³/mol. The van der Waals surface area contributed by atoms with Gasteiger partial charge in [-0.05, 0) is 45.8 Å². The molecule has 1 N–H and O–H groups in total. The third-order valence-electron chi connectivity index (χ3n) is 3.59. The van der Waals surface area contributed by atoms with Crippen LogP contribution in [0, 0.1) is 11.3 Å². The van der Waals surface area contributed by atoms with Crippen LogP contribution in [0.1, 0.15) is 25.0 Å². The number of phenolic OH excluding ortho intramolecular Hbond substituents is 1. The summed E-state index contributed by atoms with van der Waals surface area (Å²) in [7, 11) is 1.44. The molecule has 0 saturated carbocycles. The maximum Gasteiger partial charge on any atom is 0.299 e. The molecule has 1 aromatic heterocycles. The summed E-state index contributed by atoms with van der Waals surface area (Å²) in [4.78, 5) is 17.1. The Hall–Kier alpha value is -2.85. The van der Waals surface area contributed by atoms with Gasteiger partial charge in [0.25, 0.3) is 11.6 Å². The van der Waals surface area contributed by atoms with Crippen molar-refractivity contribution < 1.29 is 9.84 Å². The van der Waals surface area contributed by atoms with Crippen LogP contribution < -0.4 is 10.3 Å². The van der Waals surface area contributed by atoms with Crippen molar-refractivity contribution in [2.24, 2.45) is 0 Å². The zero-order valence-corrected chi connectivity index (χ0v) is 16.2. The number of aromatic hydroxyl groups is 1. The zero-order valence-electron chi connectivity index (χ0n) is 14.7. The molecular formula is C19H18BrN3O3. The highest BCUT2D eigenvalue weighted by Crippen LogP contribution is 2.28. The van der Waals surface area contributed by atoms with Gasteiger partial charge in [0, 0.05) is 0 Å². The number of methoxy groups -OCH3 is 1. The van der Waals surface area contributed by atoms with E-state index in [1.54, 1.807) is 30.3 Å². The van der Waals surface area contributed by atoms with E-state index in [0.717, 1.165) is 5.56 Å². The quantitative estimate of drug-likeness (QED) is 0.702. The molecule has 7 heteroatoms. The van der Waals surface area contributed by atoms with Gasteiger partial charge < -0.3 is 9.84 Å². The Labute approximate surface area is 159 Å². The van der Waals surface area contributed by atoms with Crippen molar-refractivity contribution in [3.8, 4) is 17.8 Å². The summed E-state index contributed by atoms with van der Waals surface area (Å²) in [5.41, 5.74) is 1.49. The molecule has 0 radical (unpaired) electrons. The van der Waals surface area contributed by atoms with Crippen LogP contribution in [0.25, 0.3) is 10.9 Å². The van der Waals surface area contributed by atoms with Crippen molar-refractivity contribution >= 4 is 26.8 Å². The highest BCUT2D eigenvalue weighted by molar-refractivity contribution is 9.10. The number of benzene rings is 2. The van der Waals surface area contributed by atoms with Gasteiger partial charge in [-0.25, -0.2) is 0 Å². The number of rotatable bonds is 3. The number of nitrogens with zero attached hydrogens (tertiary/aromatic N) is 3. The van der Waals surface area contributed by atoms with Gasteiger partial charge in [-0.2, -0.15) is 10.2 Å². The SMILES string of the molecule is CC.COc1nc2cc(Br)c(O)cc2c(=O)n1Cc1ccc(C#N)cc1.